The lowest BCUT2D eigenvalue weighted by molar-refractivity contribution is 0.318. The quantitative estimate of drug-likeness (QED) is 0.870. The number of hydrogen-bond acceptors (Lipinski definition) is 3. The molecule has 0 amide bonds. The fraction of sp³-hybridized carbons (Fsp3) is 0.562. The van der Waals surface area contributed by atoms with Crippen LogP contribution < -0.4 is 5.32 Å². The molecule has 2 nitrogen and oxygen atoms in total. The molecule has 1 aliphatic rings. The van der Waals surface area contributed by atoms with Crippen molar-refractivity contribution in [1.82, 2.24) is 0 Å². The topological polar surface area (TPSA) is 24.4 Å². The normalized spacial score (nSPS) is 18.0. The minimum absolute atomic E-state index is 0.416. The van der Waals surface area contributed by atoms with E-state index in [1.807, 2.05) is 11.8 Å². The van der Waals surface area contributed by atoms with Crippen LogP contribution in [0.1, 0.15) is 37.8 Å². The molecule has 1 N–H and O–H groups in total. The molecule has 3 heteroatoms. The summed E-state index contributed by atoms with van der Waals surface area (Å²) in [6.45, 7) is 9.81. The maximum Gasteiger partial charge on any atom is 0.161 e. The molecule has 104 valence electrons. The lowest BCUT2D eigenvalue weighted by atomic mass is 9.84. The molecule has 1 aromatic rings. The smallest absolute Gasteiger partial charge is 0.161 e. The first-order chi connectivity index (χ1) is 9.08. The number of thioether (sulfide) groups is 1. The summed E-state index contributed by atoms with van der Waals surface area (Å²) in [4.78, 5) is 4.74. The molecule has 0 unspecified atom stereocenters. The third kappa shape index (κ3) is 3.33. The molecule has 0 bridgehead atoms. The second-order valence-corrected chi connectivity index (χ2v) is 6.51. The fourth-order valence-corrected chi connectivity index (χ4v) is 3.54. The van der Waals surface area contributed by atoms with Gasteiger partial charge in [-0.15, -0.1) is 0 Å². The van der Waals surface area contributed by atoms with Crippen molar-refractivity contribution in [3.8, 4) is 0 Å². The Labute approximate surface area is 121 Å². The summed E-state index contributed by atoms with van der Waals surface area (Å²) in [5.41, 5.74) is 4.22. The summed E-state index contributed by atoms with van der Waals surface area (Å²) in [5.74, 6) is 1.18. The van der Waals surface area contributed by atoms with Crippen LogP contribution in [0.3, 0.4) is 0 Å². The van der Waals surface area contributed by atoms with E-state index in [-0.39, 0.29) is 0 Å². The Balaban J connectivity index is 2.05. The summed E-state index contributed by atoms with van der Waals surface area (Å²) in [5, 5.41) is 4.52. The lowest BCUT2D eigenvalue weighted by Gasteiger charge is -2.33. The van der Waals surface area contributed by atoms with Crippen molar-refractivity contribution < 1.29 is 0 Å². The van der Waals surface area contributed by atoms with Crippen LogP contribution in [0.15, 0.2) is 23.2 Å². The molecule has 0 radical (unpaired) electrons. The van der Waals surface area contributed by atoms with Gasteiger partial charge in [0.15, 0.2) is 5.17 Å². The molecule has 19 heavy (non-hydrogen) atoms. The SMILES string of the molecule is CCC1(CC)CN=C(Nc2ccc(C)c(C)c2)SC1. The molecular formula is C16H24N2S. The Kier molecular flexibility index (Phi) is 4.56. The van der Waals surface area contributed by atoms with Crippen molar-refractivity contribution >= 4 is 22.6 Å². The van der Waals surface area contributed by atoms with E-state index in [1.54, 1.807) is 0 Å². The molecule has 1 aliphatic heterocycles. The van der Waals surface area contributed by atoms with Gasteiger partial charge in [-0.3, -0.25) is 4.99 Å². The van der Waals surface area contributed by atoms with E-state index in [2.05, 4.69) is 51.2 Å². The van der Waals surface area contributed by atoms with E-state index in [0.29, 0.717) is 5.41 Å². The number of nitrogens with zero attached hydrogens (tertiary/aromatic N) is 1. The van der Waals surface area contributed by atoms with Crippen molar-refractivity contribution in [3.63, 3.8) is 0 Å². The molecule has 0 aliphatic carbocycles. The highest BCUT2D eigenvalue weighted by atomic mass is 32.2. The lowest BCUT2D eigenvalue weighted by Crippen LogP contribution is -2.32. The first-order valence-electron chi connectivity index (χ1n) is 7.10. The minimum atomic E-state index is 0.416. The number of hydrogen-bond donors (Lipinski definition) is 1. The standard InChI is InChI=1S/C16H24N2S/c1-5-16(6-2)10-17-15(19-11-16)18-14-8-7-12(3)13(4)9-14/h7-9H,5-6,10-11H2,1-4H3,(H,17,18). The van der Waals surface area contributed by atoms with Crippen LogP contribution in [-0.2, 0) is 0 Å². The Morgan fingerprint density at radius 2 is 1.95 bits per heavy atom. The number of aryl methyl sites for hydroxylation is 2. The Bertz CT molecular complexity index is 476. The van der Waals surface area contributed by atoms with Gasteiger partial charge in [0.05, 0.1) is 0 Å². The number of anilines is 1. The van der Waals surface area contributed by atoms with Gasteiger partial charge < -0.3 is 5.32 Å². The van der Waals surface area contributed by atoms with Crippen LogP contribution in [0.25, 0.3) is 0 Å². The third-order valence-corrected chi connectivity index (χ3v) is 5.59. The van der Waals surface area contributed by atoms with E-state index in [9.17, 15) is 0 Å². The number of rotatable bonds is 3. The number of amidine groups is 1. The average molecular weight is 276 g/mol. The summed E-state index contributed by atoms with van der Waals surface area (Å²) >= 11 is 1.86. The van der Waals surface area contributed by atoms with Gasteiger partial charge in [0.1, 0.15) is 0 Å². The number of nitrogens with one attached hydrogen (secondary N) is 1. The molecular weight excluding hydrogens is 252 g/mol. The van der Waals surface area contributed by atoms with Gasteiger partial charge in [-0.2, -0.15) is 0 Å². The molecule has 0 spiro atoms. The zero-order valence-electron chi connectivity index (χ0n) is 12.4. The van der Waals surface area contributed by atoms with E-state index in [4.69, 9.17) is 4.99 Å². The summed E-state index contributed by atoms with van der Waals surface area (Å²) in [7, 11) is 0. The molecule has 1 aromatic carbocycles. The third-order valence-electron chi connectivity index (χ3n) is 4.33. The molecule has 0 fully saturated rings. The highest BCUT2D eigenvalue weighted by Gasteiger charge is 2.30. The monoisotopic (exact) mass is 276 g/mol. The second kappa shape index (κ2) is 6.00. The highest BCUT2D eigenvalue weighted by Crippen LogP contribution is 2.35. The van der Waals surface area contributed by atoms with E-state index in [0.717, 1.165) is 17.4 Å². The van der Waals surface area contributed by atoms with Gasteiger partial charge in [-0.1, -0.05) is 31.7 Å². The molecule has 1 heterocycles. The van der Waals surface area contributed by atoms with Crippen LogP contribution in [0.2, 0.25) is 0 Å². The van der Waals surface area contributed by atoms with Gasteiger partial charge in [0.25, 0.3) is 0 Å². The van der Waals surface area contributed by atoms with Gasteiger partial charge in [0.2, 0.25) is 0 Å². The zero-order chi connectivity index (χ0) is 13.9. The van der Waals surface area contributed by atoms with Crippen molar-refractivity contribution in [2.45, 2.75) is 40.5 Å². The summed E-state index contributed by atoms with van der Waals surface area (Å²) in [6, 6.07) is 6.49. The molecule has 0 saturated carbocycles. The van der Waals surface area contributed by atoms with Crippen LogP contribution in [0, 0.1) is 19.3 Å². The van der Waals surface area contributed by atoms with Crippen LogP contribution >= 0.6 is 11.8 Å². The molecule has 0 aromatic heterocycles. The fourth-order valence-electron chi connectivity index (χ4n) is 2.25. The van der Waals surface area contributed by atoms with Gasteiger partial charge in [-0.25, -0.2) is 0 Å². The molecule has 0 atom stereocenters. The van der Waals surface area contributed by atoms with Crippen LogP contribution in [0.5, 0.6) is 0 Å². The van der Waals surface area contributed by atoms with E-state index < -0.39 is 0 Å². The highest BCUT2D eigenvalue weighted by molar-refractivity contribution is 8.14. The maximum atomic E-state index is 4.74. The predicted molar refractivity (Wildman–Crippen MR) is 87.3 cm³/mol. The summed E-state index contributed by atoms with van der Waals surface area (Å²) in [6.07, 6.45) is 2.44. The van der Waals surface area contributed by atoms with Crippen LogP contribution in [0.4, 0.5) is 5.69 Å². The Hall–Kier alpha value is -0.960. The van der Waals surface area contributed by atoms with Crippen molar-refractivity contribution in [1.29, 1.82) is 0 Å². The maximum absolute atomic E-state index is 4.74. The van der Waals surface area contributed by atoms with Crippen LogP contribution in [-0.4, -0.2) is 17.5 Å². The number of benzene rings is 1. The van der Waals surface area contributed by atoms with Gasteiger partial charge in [-0.05, 0) is 55.4 Å². The first-order valence-corrected chi connectivity index (χ1v) is 8.08. The van der Waals surface area contributed by atoms with Gasteiger partial charge >= 0.3 is 0 Å². The number of aliphatic imine (C=N–C) groups is 1. The van der Waals surface area contributed by atoms with Crippen molar-refractivity contribution in [2.24, 2.45) is 10.4 Å². The van der Waals surface area contributed by atoms with E-state index >= 15 is 0 Å². The molecule has 0 saturated heterocycles. The minimum Gasteiger partial charge on any atom is -0.335 e. The van der Waals surface area contributed by atoms with Gasteiger partial charge in [0, 0.05) is 18.0 Å². The predicted octanol–water partition coefficient (Wildman–Crippen LogP) is 4.62. The van der Waals surface area contributed by atoms with Crippen molar-refractivity contribution in [3.05, 3.63) is 29.3 Å². The van der Waals surface area contributed by atoms with E-state index in [1.165, 1.54) is 29.7 Å². The second-order valence-electron chi connectivity index (χ2n) is 5.54. The Morgan fingerprint density at radius 3 is 2.47 bits per heavy atom. The zero-order valence-corrected chi connectivity index (χ0v) is 13.2. The molecule has 2 rings (SSSR count). The summed E-state index contributed by atoms with van der Waals surface area (Å²) < 4.78 is 0. The average Bonchev–Trinajstić information content (AvgIpc) is 2.44. The largest absolute Gasteiger partial charge is 0.335 e. The van der Waals surface area contributed by atoms with Crippen molar-refractivity contribution in [2.75, 3.05) is 17.6 Å². The Morgan fingerprint density at radius 1 is 1.21 bits per heavy atom. The first kappa shape index (κ1) is 14.4.